The monoisotopic (exact) mass is 215 g/mol. The third kappa shape index (κ3) is 4.52. The first-order valence-corrected chi connectivity index (χ1v) is 6.13. The SMILES string of the molecule is CCCC(C)(CO)CN(C)C(C)(C)CC. The van der Waals surface area contributed by atoms with Gasteiger partial charge < -0.3 is 10.0 Å². The second kappa shape index (κ2) is 5.86. The molecule has 0 aromatic carbocycles. The van der Waals surface area contributed by atoms with Crippen LogP contribution in [0.5, 0.6) is 0 Å². The van der Waals surface area contributed by atoms with Crippen LogP contribution in [0.25, 0.3) is 0 Å². The molecule has 0 aromatic heterocycles. The van der Waals surface area contributed by atoms with Crippen molar-refractivity contribution in [1.82, 2.24) is 4.90 Å². The van der Waals surface area contributed by atoms with Crippen molar-refractivity contribution in [3.8, 4) is 0 Å². The second-order valence-corrected chi connectivity index (χ2v) is 5.74. The first-order chi connectivity index (χ1) is 6.81. The fourth-order valence-electron chi connectivity index (χ4n) is 1.87. The lowest BCUT2D eigenvalue weighted by Gasteiger charge is -2.41. The third-order valence-electron chi connectivity index (χ3n) is 3.75. The van der Waals surface area contributed by atoms with Crippen LogP contribution >= 0.6 is 0 Å². The van der Waals surface area contributed by atoms with Crippen molar-refractivity contribution in [2.75, 3.05) is 20.2 Å². The second-order valence-electron chi connectivity index (χ2n) is 5.74. The predicted molar refractivity (Wildman–Crippen MR) is 67.1 cm³/mol. The molecule has 2 heteroatoms. The molecule has 1 unspecified atom stereocenters. The van der Waals surface area contributed by atoms with Gasteiger partial charge in [-0.3, -0.25) is 0 Å². The molecule has 0 amide bonds. The first kappa shape index (κ1) is 14.9. The molecular formula is C13H29NO. The van der Waals surface area contributed by atoms with Gasteiger partial charge in [-0.2, -0.15) is 0 Å². The van der Waals surface area contributed by atoms with E-state index in [2.05, 4.69) is 46.6 Å². The van der Waals surface area contributed by atoms with Gasteiger partial charge in [-0.25, -0.2) is 0 Å². The Labute approximate surface area is 95.7 Å². The molecule has 2 nitrogen and oxygen atoms in total. The van der Waals surface area contributed by atoms with E-state index in [0.717, 1.165) is 25.8 Å². The van der Waals surface area contributed by atoms with Gasteiger partial charge in [0.2, 0.25) is 0 Å². The third-order valence-corrected chi connectivity index (χ3v) is 3.75. The number of aliphatic hydroxyl groups excluding tert-OH is 1. The number of nitrogens with zero attached hydrogens (tertiary/aromatic N) is 1. The van der Waals surface area contributed by atoms with Gasteiger partial charge in [0.25, 0.3) is 0 Å². The minimum atomic E-state index is 0.0515. The van der Waals surface area contributed by atoms with Crippen molar-refractivity contribution in [3.63, 3.8) is 0 Å². The number of rotatable bonds is 7. The van der Waals surface area contributed by atoms with Gasteiger partial charge in [0.1, 0.15) is 0 Å². The Hall–Kier alpha value is -0.0800. The fraction of sp³-hybridized carbons (Fsp3) is 1.00. The molecule has 0 aliphatic rings. The molecule has 0 aliphatic carbocycles. The topological polar surface area (TPSA) is 23.5 Å². The molecule has 0 bridgehead atoms. The Morgan fingerprint density at radius 3 is 2.00 bits per heavy atom. The van der Waals surface area contributed by atoms with Crippen molar-refractivity contribution in [1.29, 1.82) is 0 Å². The van der Waals surface area contributed by atoms with Gasteiger partial charge in [-0.15, -0.1) is 0 Å². The predicted octanol–water partition coefficient (Wildman–Crippen LogP) is 2.91. The molecule has 0 aromatic rings. The molecule has 92 valence electrons. The molecule has 15 heavy (non-hydrogen) atoms. The highest BCUT2D eigenvalue weighted by molar-refractivity contribution is 4.84. The van der Waals surface area contributed by atoms with E-state index in [1.807, 2.05) is 0 Å². The van der Waals surface area contributed by atoms with E-state index in [0.29, 0.717) is 0 Å². The normalized spacial score (nSPS) is 16.8. The summed E-state index contributed by atoms with van der Waals surface area (Å²) in [5, 5.41) is 9.48. The van der Waals surface area contributed by atoms with E-state index < -0.39 is 0 Å². The lowest BCUT2D eigenvalue weighted by Crippen LogP contribution is -2.47. The molecule has 0 fully saturated rings. The number of aliphatic hydroxyl groups is 1. The molecule has 0 saturated heterocycles. The summed E-state index contributed by atoms with van der Waals surface area (Å²) >= 11 is 0. The van der Waals surface area contributed by atoms with E-state index in [4.69, 9.17) is 0 Å². The summed E-state index contributed by atoms with van der Waals surface area (Å²) in [6.07, 6.45) is 3.36. The average Bonchev–Trinajstić information content (AvgIpc) is 2.18. The van der Waals surface area contributed by atoms with E-state index in [1.54, 1.807) is 0 Å². The Bertz CT molecular complexity index is 179. The average molecular weight is 215 g/mol. The molecular weight excluding hydrogens is 186 g/mol. The summed E-state index contributed by atoms with van der Waals surface area (Å²) in [7, 11) is 2.16. The van der Waals surface area contributed by atoms with Crippen molar-refractivity contribution >= 4 is 0 Å². The molecule has 0 saturated carbocycles. The molecule has 1 atom stereocenters. The van der Waals surface area contributed by atoms with Gasteiger partial charge >= 0.3 is 0 Å². The first-order valence-electron chi connectivity index (χ1n) is 6.13. The zero-order chi connectivity index (χ0) is 12.1. The minimum absolute atomic E-state index is 0.0515. The zero-order valence-electron chi connectivity index (χ0n) is 11.4. The van der Waals surface area contributed by atoms with Crippen molar-refractivity contribution in [2.24, 2.45) is 5.41 Å². The van der Waals surface area contributed by atoms with Crippen molar-refractivity contribution in [2.45, 2.75) is 59.4 Å². The van der Waals surface area contributed by atoms with E-state index in [-0.39, 0.29) is 17.6 Å². The summed E-state index contributed by atoms with van der Waals surface area (Å²) in [6, 6.07) is 0. The van der Waals surface area contributed by atoms with E-state index in [1.165, 1.54) is 0 Å². The smallest absolute Gasteiger partial charge is 0.0497 e. The Morgan fingerprint density at radius 2 is 1.67 bits per heavy atom. The summed E-state index contributed by atoms with van der Waals surface area (Å²) in [4.78, 5) is 2.37. The molecule has 0 aliphatic heterocycles. The molecule has 1 N–H and O–H groups in total. The van der Waals surface area contributed by atoms with Crippen LogP contribution in [0.4, 0.5) is 0 Å². The van der Waals surface area contributed by atoms with Gasteiger partial charge in [-0.1, -0.05) is 27.2 Å². The Kier molecular flexibility index (Phi) is 5.82. The van der Waals surface area contributed by atoms with Gasteiger partial charge in [0.05, 0.1) is 0 Å². The summed E-state index contributed by atoms with van der Waals surface area (Å²) in [5.74, 6) is 0. The van der Waals surface area contributed by atoms with Crippen molar-refractivity contribution in [3.05, 3.63) is 0 Å². The standard InChI is InChI=1S/C13H29NO/c1-7-9-13(5,11-15)10-14(6)12(3,4)8-2/h15H,7-11H2,1-6H3. The Morgan fingerprint density at radius 1 is 1.13 bits per heavy atom. The molecule has 0 radical (unpaired) electrons. The quantitative estimate of drug-likeness (QED) is 0.706. The van der Waals surface area contributed by atoms with Crippen LogP contribution in [-0.4, -0.2) is 35.7 Å². The lowest BCUT2D eigenvalue weighted by atomic mass is 9.84. The van der Waals surface area contributed by atoms with E-state index >= 15 is 0 Å². The highest BCUT2D eigenvalue weighted by atomic mass is 16.3. The Balaban J connectivity index is 4.41. The van der Waals surface area contributed by atoms with Crippen LogP contribution in [0.15, 0.2) is 0 Å². The number of hydrogen-bond acceptors (Lipinski definition) is 2. The van der Waals surface area contributed by atoms with E-state index in [9.17, 15) is 5.11 Å². The summed E-state index contributed by atoms with van der Waals surface area (Å²) < 4.78 is 0. The van der Waals surface area contributed by atoms with Gasteiger partial charge in [-0.05, 0) is 33.7 Å². The molecule has 0 heterocycles. The van der Waals surface area contributed by atoms with Gasteiger partial charge in [0, 0.05) is 24.1 Å². The highest BCUT2D eigenvalue weighted by Gasteiger charge is 2.29. The van der Waals surface area contributed by atoms with Crippen LogP contribution < -0.4 is 0 Å². The van der Waals surface area contributed by atoms with Crippen LogP contribution in [0.1, 0.15) is 53.9 Å². The maximum absolute atomic E-state index is 9.48. The highest BCUT2D eigenvalue weighted by Crippen LogP contribution is 2.27. The van der Waals surface area contributed by atoms with Crippen LogP contribution in [0.2, 0.25) is 0 Å². The maximum atomic E-state index is 9.48. The van der Waals surface area contributed by atoms with Crippen LogP contribution in [-0.2, 0) is 0 Å². The number of hydrogen-bond donors (Lipinski definition) is 1. The van der Waals surface area contributed by atoms with Crippen LogP contribution in [0.3, 0.4) is 0 Å². The van der Waals surface area contributed by atoms with Crippen molar-refractivity contribution < 1.29 is 5.11 Å². The maximum Gasteiger partial charge on any atom is 0.0497 e. The minimum Gasteiger partial charge on any atom is -0.396 e. The lowest BCUT2D eigenvalue weighted by molar-refractivity contribution is 0.0450. The summed E-state index contributed by atoms with van der Waals surface area (Å²) in [6.45, 7) is 12.3. The molecule has 0 spiro atoms. The van der Waals surface area contributed by atoms with Gasteiger partial charge in [0.15, 0.2) is 0 Å². The fourth-order valence-corrected chi connectivity index (χ4v) is 1.87. The van der Waals surface area contributed by atoms with Crippen LogP contribution in [0, 0.1) is 5.41 Å². The summed E-state index contributed by atoms with van der Waals surface area (Å²) in [5.41, 5.74) is 0.278. The molecule has 0 rings (SSSR count). The largest absolute Gasteiger partial charge is 0.396 e. The zero-order valence-corrected chi connectivity index (χ0v) is 11.4.